The first-order valence-electron chi connectivity index (χ1n) is 11.6. The Balaban J connectivity index is 1.14. The quantitative estimate of drug-likeness (QED) is 0.639. The minimum atomic E-state index is 0.175. The lowest BCUT2D eigenvalue weighted by atomic mass is 10.0. The Kier molecular flexibility index (Phi) is 6.01. The number of carbonyl (C=O) groups is 1. The van der Waals surface area contributed by atoms with Crippen LogP contribution in [0.3, 0.4) is 0 Å². The fraction of sp³-hybridized carbons (Fsp3) is 0.370. The summed E-state index contributed by atoms with van der Waals surface area (Å²) in [7, 11) is 0. The summed E-state index contributed by atoms with van der Waals surface area (Å²) in [5.41, 5.74) is 2.24. The molecule has 0 N–H and O–H groups in total. The maximum absolute atomic E-state index is 13.2. The van der Waals surface area contributed by atoms with Crippen molar-refractivity contribution in [1.82, 2.24) is 14.7 Å². The SMILES string of the molecule is O=C(c1cccc2ccccc12)N1CCN(C2CCN(Cc3ccccc3)CC2)CC1. The highest BCUT2D eigenvalue weighted by Crippen LogP contribution is 2.23. The first-order valence-corrected chi connectivity index (χ1v) is 11.6. The molecule has 0 unspecified atom stereocenters. The van der Waals surface area contributed by atoms with E-state index in [-0.39, 0.29) is 5.91 Å². The number of hydrogen-bond donors (Lipinski definition) is 0. The van der Waals surface area contributed by atoms with Crippen molar-refractivity contribution in [2.45, 2.75) is 25.4 Å². The van der Waals surface area contributed by atoms with Gasteiger partial charge in [0, 0.05) is 44.3 Å². The predicted molar refractivity (Wildman–Crippen MR) is 126 cm³/mol. The molecule has 2 fully saturated rings. The molecule has 1 amide bonds. The van der Waals surface area contributed by atoms with Crippen molar-refractivity contribution in [2.75, 3.05) is 39.3 Å². The number of nitrogens with zero attached hydrogens (tertiary/aromatic N) is 3. The molecule has 2 heterocycles. The van der Waals surface area contributed by atoms with Crippen LogP contribution in [0, 0.1) is 0 Å². The molecule has 0 atom stereocenters. The van der Waals surface area contributed by atoms with E-state index in [1.807, 2.05) is 29.2 Å². The number of piperazine rings is 1. The first-order chi connectivity index (χ1) is 15.3. The molecular formula is C27H31N3O. The molecular weight excluding hydrogens is 382 g/mol. The number of likely N-dealkylation sites (tertiary alicyclic amines) is 1. The van der Waals surface area contributed by atoms with E-state index in [0.29, 0.717) is 6.04 Å². The van der Waals surface area contributed by atoms with Crippen molar-refractivity contribution >= 4 is 16.7 Å². The summed E-state index contributed by atoms with van der Waals surface area (Å²) in [5, 5.41) is 2.19. The van der Waals surface area contributed by atoms with Crippen LogP contribution in [0.5, 0.6) is 0 Å². The molecule has 160 valence electrons. The maximum Gasteiger partial charge on any atom is 0.254 e. The van der Waals surface area contributed by atoms with Crippen molar-refractivity contribution in [3.8, 4) is 0 Å². The topological polar surface area (TPSA) is 26.8 Å². The van der Waals surface area contributed by atoms with E-state index in [2.05, 4.69) is 58.3 Å². The van der Waals surface area contributed by atoms with Gasteiger partial charge in [-0.3, -0.25) is 14.6 Å². The summed E-state index contributed by atoms with van der Waals surface area (Å²) >= 11 is 0. The van der Waals surface area contributed by atoms with Crippen molar-refractivity contribution in [3.05, 3.63) is 83.9 Å². The standard InChI is InChI=1S/C27H31N3O/c31-27(26-12-6-10-23-9-4-5-11-25(23)26)30-19-17-29(18-20-30)24-13-15-28(16-14-24)21-22-7-2-1-3-8-22/h1-12,24H,13-21H2. The van der Waals surface area contributed by atoms with Gasteiger partial charge in [0.15, 0.2) is 0 Å². The Morgan fingerprint density at radius 1 is 0.742 bits per heavy atom. The Morgan fingerprint density at radius 3 is 2.19 bits per heavy atom. The van der Waals surface area contributed by atoms with Crippen LogP contribution in [0.2, 0.25) is 0 Å². The fourth-order valence-electron chi connectivity index (χ4n) is 5.16. The molecule has 2 aliphatic heterocycles. The zero-order chi connectivity index (χ0) is 21.0. The molecule has 0 bridgehead atoms. The molecule has 31 heavy (non-hydrogen) atoms. The van der Waals surface area contributed by atoms with E-state index in [4.69, 9.17) is 0 Å². The summed E-state index contributed by atoms with van der Waals surface area (Å²) in [4.78, 5) is 20.5. The van der Waals surface area contributed by atoms with Crippen molar-refractivity contribution in [2.24, 2.45) is 0 Å². The molecule has 0 radical (unpaired) electrons. The largest absolute Gasteiger partial charge is 0.336 e. The van der Waals surface area contributed by atoms with Crippen molar-refractivity contribution < 1.29 is 4.79 Å². The zero-order valence-corrected chi connectivity index (χ0v) is 18.1. The lowest BCUT2D eigenvalue weighted by Gasteiger charge is -2.42. The third-order valence-corrected chi connectivity index (χ3v) is 6.94. The first kappa shape index (κ1) is 20.2. The van der Waals surface area contributed by atoms with Gasteiger partial charge in [-0.05, 0) is 48.3 Å². The maximum atomic E-state index is 13.2. The lowest BCUT2D eigenvalue weighted by molar-refractivity contribution is 0.0446. The predicted octanol–water partition coefficient (Wildman–Crippen LogP) is 4.26. The zero-order valence-electron chi connectivity index (χ0n) is 18.1. The van der Waals surface area contributed by atoms with E-state index < -0.39 is 0 Å². The summed E-state index contributed by atoms with van der Waals surface area (Å²) in [6, 6.07) is 25.7. The Morgan fingerprint density at radius 2 is 1.42 bits per heavy atom. The number of benzene rings is 3. The smallest absolute Gasteiger partial charge is 0.254 e. The van der Waals surface area contributed by atoms with Gasteiger partial charge in [0.25, 0.3) is 5.91 Å². The van der Waals surface area contributed by atoms with Crippen molar-refractivity contribution in [1.29, 1.82) is 0 Å². The summed E-state index contributed by atoms with van der Waals surface area (Å²) < 4.78 is 0. The van der Waals surface area contributed by atoms with Crippen LogP contribution >= 0.6 is 0 Å². The highest BCUT2D eigenvalue weighted by atomic mass is 16.2. The monoisotopic (exact) mass is 413 g/mol. The third kappa shape index (κ3) is 4.51. The Hall–Kier alpha value is -2.69. The molecule has 0 spiro atoms. The van der Waals surface area contributed by atoms with Crippen molar-refractivity contribution in [3.63, 3.8) is 0 Å². The summed E-state index contributed by atoms with van der Waals surface area (Å²) in [6.45, 7) is 7.00. The minimum absolute atomic E-state index is 0.175. The second-order valence-corrected chi connectivity index (χ2v) is 8.85. The van der Waals surface area contributed by atoms with Crippen LogP contribution in [0.1, 0.15) is 28.8 Å². The van der Waals surface area contributed by atoms with Gasteiger partial charge in [0.05, 0.1) is 0 Å². The van der Waals surface area contributed by atoms with Gasteiger partial charge < -0.3 is 4.90 Å². The van der Waals surface area contributed by atoms with E-state index in [1.165, 1.54) is 18.4 Å². The van der Waals surface area contributed by atoms with Gasteiger partial charge in [-0.2, -0.15) is 0 Å². The van der Waals surface area contributed by atoms with Gasteiger partial charge in [-0.1, -0.05) is 66.7 Å². The number of piperidine rings is 1. The molecule has 0 aliphatic carbocycles. The van der Waals surface area contributed by atoms with Crippen LogP contribution < -0.4 is 0 Å². The van der Waals surface area contributed by atoms with Gasteiger partial charge in [-0.25, -0.2) is 0 Å². The third-order valence-electron chi connectivity index (χ3n) is 6.94. The van der Waals surface area contributed by atoms with Crippen LogP contribution in [0.15, 0.2) is 72.8 Å². The highest BCUT2D eigenvalue weighted by molar-refractivity contribution is 6.07. The summed E-state index contributed by atoms with van der Waals surface area (Å²) in [5.74, 6) is 0.175. The average molecular weight is 414 g/mol. The van der Waals surface area contributed by atoms with Gasteiger partial charge in [-0.15, -0.1) is 0 Å². The molecule has 3 aromatic rings. The van der Waals surface area contributed by atoms with E-state index in [0.717, 1.165) is 62.1 Å². The van der Waals surface area contributed by atoms with E-state index >= 15 is 0 Å². The highest BCUT2D eigenvalue weighted by Gasteiger charge is 2.29. The molecule has 4 heteroatoms. The van der Waals surface area contributed by atoms with Crippen LogP contribution in [0.25, 0.3) is 10.8 Å². The molecule has 5 rings (SSSR count). The molecule has 3 aromatic carbocycles. The number of hydrogen-bond acceptors (Lipinski definition) is 3. The minimum Gasteiger partial charge on any atom is -0.336 e. The van der Waals surface area contributed by atoms with E-state index in [9.17, 15) is 4.79 Å². The van der Waals surface area contributed by atoms with Gasteiger partial charge in [0.1, 0.15) is 0 Å². The van der Waals surface area contributed by atoms with Crippen LogP contribution in [-0.4, -0.2) is 65.9 Å². The molecule has 2 saturated heterocycles. The average Bonchev–Trinajstić information content (AvgIpc) is 2.84. The van der Waals surface area contributed by atoms with Gasteiger partial charge >= 0.3 is 0 Å². The lowest BCUT2D eigenvalue weighted by Crippen LogP contribution is -2.54. The normalized spacial score (nSPS) is 19.0. The number of amides is 1. The Bertz CT molecular complexity index is 1010. The fourth-order valence-corrected chi connectivity index (χ4v) is 5.16. The molecule has 2 aliphatic rings. The summed E-state index contributed by atoms with van der Waals surface area (Å²) in [6.07, 6.45) is 2.45. The molecule has 0 saturated carbocycles. The van der Waals surface area contributed by atoms with Crippen LogP contribution in [0.4, 0.5) is 0 Å². The van der Waals surface area contributed by atoms with Gasteiger partial charge in [0.2, 0.25) is 0 Å². The number of carbonyl (C=O) groups excluding carboxylic acids is 1. The molecule has 0 aromatic heterocycles. The Labute approximate surface area is 185 Å². The number of fused-ring (bicyclic) bond motifs is 1. The second kappa shape index (κ2) is 9.21. The van der Waals surface area contributed by atoms with E-state index in [1.54, 1.807) is 0 Å². The van der Waals surface area contributed by atoms with Crippen LogP contribution in [-0.2, 0) is 6.54 Å². The second-order valence-electron chi connectivity index (χ2n) is 8.85. The number of rotatable bonds is 4. The molecule has 4 nitrogen and oxygen atoms in total.